The Hall–Kier alpha value is -3.19. The van der Waals surface area contributed by atoms with Gasteiger partial charge >= 0.3 is 0 Å². The molecule has 0 amide bonds. The third-order valence-corrected chi connectivity index (χ3v) is 8.82. The van der Waals surface area contributed by atoms with Gasteiger partial charge in [0.2, 0.25) is 0 Å². The van der Waals surface area contributed by atoms with Gasteiger partial charge in [0.1, 0.15) is 5.75 Å². The van der Waals surface area contributed by atoms with Crippen LogP contribution in [0.25, 0.3) is 10.9 Å². The van der Waals surface area contributed by atoms with Gasteiger partial charge in [-0.2, -0.15) is 0 Å². The predicted molar refractivity (Wildman–Crippen MR) is 157 cm³/mol. The lowest BCUT2D eigenvalue weighted by Crippen LogP contribution is -2.36. The van der Waals surface area contributed by atoms with Gasteiger partial charge in [-0.05, 0) is 76.0 Å². The molecule has 8 nitrogen and oxygen atoms in total. The van der Waals surface area contributed by atoms with Crippen molar-refractivity contribution in [3.05, 3.63) is 48.2 Å². The molecule has 1 aliphatic heterocycles. The Morgan fingerprint density at radius 1 is 1.10 bits per heavy atom. The molecule has 1 saturated carbocycles. The number of nitrogens with one attached hydrogen (secondary N) is 2. The van der Waals surface area contributed by atoms with Crippen molar-refractivity contribution in [1.82, 2.24) is 9.47 Å². The highest BCUT2D eigenvalue weighted by Crippen LogP contribution is 2.32. The molecule has 1 aromatic heterocycles. The van der Waals surface area contributed by atoms with Crippen LogP contribution in [0.1, 0.15) is 31.4 Å². The van der Waals surface area contributed by atoms with Crippen LogP contribution in [0.5, 0.6) is 5.75 Å². The van der Waals surface area contributed by atoms with Crippen LogP contribution in [0, 0.1) is 11.8 Å². The number of aromatic nitrogens is 1. The molecule has 9 heteroatoms. The molecule has 1 atom stereocenters. The van der Waals surface area contributed by atoms with E-state index in [1.165, 1.54) is 50.5 Å². The molecule has 0 spiro atoms. The van der Waals surface area contributed by atoms with Crippen molar-refractivity contribution < 1.29 is 17.9 Å². The van der Waals surface area contributed by atoms with Crippen molar-refractivity contribution in [2.45, 2.75) is 55.3 Å². The molecule has 0 radical (unpaired) electrons. The number of epoxide rings is 1. The third kappa shape index (κ3) is 6.52. The molecule has 1 aliphatic carbocycles. The van der Waals surface area contributed by atoms with Crippen molar-refractivity contribution in [2.75, 3.05) is 51.2 Å². The normalized spacial score (nSPS) is 20.9. The summed E-state index contributed by atoms with van der Waals surface area (Å²) in [4.78, 5) is 2.57. The second-order valence-corrected chi connectivity index (χ2v) is 12.8. The number of anilines is 2. The first-order chi connectivity index (χ1) is 18.7. The second-order valence-electron chi connectivity index (χ2n) is 10.7. The molecule has 2 aliphatic rings. The monoisotopic (exact) mass is 550 g/mol. The Bertz CT molecular complexity index is 1490. The highest BCUT2D eigenvalue weighted by Gasteiger charge is 2.26. The zero-order valence-corrected chi connectivity index (χ0v) is 24.0. The first-order valence-corrected chi connectivity index (χ1v) is 15.4. The van der Waals surface area contributed by atoms with Crippen LogP contribution in [0.2, 0.25) is 0 Å². The molecule has 1 unspecified atom stereocenters. The summed E-state index contributed by atoms with van der Waals surface area (Å²) in [5.41, 5.74) is 3.97. The molecule has 1 saturated heterocycles. The fourth-order valence-corrected chi connectivity index (χ4v) is 6.00. The Morgan fingerprint density at radius 3 is 2.54 bits per heavy atom. The molecular formula is C30H38N4O4S. The van der Waals surface area contributed by atoms with E-state index in [1.54, 1.807) is 12.1 Å². The maximum Gasteiger partial charge on any atom is 0.175 e. The van der Waals surface area contributed by atoms with E-state index in [0.717, 1.165) is 30.0 Å². The maximum absolute atomic E-state index is 11.9. The van der Waals surface area contributed by atoms with Crippen LogP contribution in [0.3, 0.4) is 0 Å². The van der Waals surface area contributed by atoms with E-state index in [0.29, 0.717) is 30.1 Å². The molecule has 208 valence electrons. The smallest absolute Gasteiger partial charge is 0.175 e. The van der Waals surface area contributed by atoms with Gasteiger partial charge in [0, 0.05) is 35.5 Å². The maximum atomic E-state index is 11.9. The number of nitrogens with zero attached hydrogens (tertiary/aromatic N) is 2. The van der Waals surface area contributed by atoms with Gasteiger partial charge in [-0.3, -0.25) is 0 Å². The number of rotatable bonds is 9. The first-order valence-electron chi connectivity index (χ1n) is 13.5. The fraction of sp³-hybridized carbons (Fsp3) is 0.467. The fourth-order valence-electron chi connectivity index (χ4n) is 5.37. The van der Waals surface area contributed by atoms with Crippen molar-refractivity contribution >= 4 is 32.1 Å². The van der Waals surface area contributed by atoms with Gasteiger partial charge in [-0.1, -0.05) is 12.0 Å². The van der Waals surface area contributed by atoms with Crippen LogP contribution >= 0.6 is 0 Å². The summed E-state index contributed by atoms with van der Waals surface area (Å²) < 4.78 is 37.0. The number of methoxy groups -OCH3 is 1. The zero-order chi connectivity index (χ0) is 27.6. The van der Waals surface area contributed by atoms with Gasteiger partial charge in [-0.25, -0.2) is 8.42 Å². The highest BCUT2D eigenvalue weighted by atomic mass is 32.2. The van der Waals surface area contributed by atoms with Gasteiger partial charge in [0.05, 0.1) is 54.7 Å². The van der Waals surface area contributed by atoms with Gasteiger partial charge in [0.15, 0.2) is 9.84 Å². The van der Waals surface area contributed by atoms with E-state index in [1.807, 2.05) is 0 Å². The predicted octanol–water partition coefficient (Wildman–Crippen LogP) is 4.20. The van der Waals surface area contributed by atoms with E-state index in [4.69, 9.17) is 9.47 Å². The van der Waals surface area contributed by atoms with Crippen LogP contribution in [-0.2, 0) is 21.1 Å². The van der Waals surface area contributed by atoms with Crippen molar-refractivity contribution in [3.8, 4) is 17.6 Å². The van der Waals surface area contributed by atoms with E-state index in [9.17, 15) is 8.42 Å². The number of benzene rings is 2. The lowest BCUT2D eigenvalue weighted by atomic mass is 9.90. The van der Waals surface area contributed by atoms with E-state index in [-0.39, 0.29) is 11.0 Å². The average Bonchev–Trinajstić information content (AvgIpc) is 3.67. The van der Waals surface area contributed by atoms with Crippen LogP contribution in [-0.4, -0.2) is 76.7 Å². The SMILES string of the molecule is COc1cc(S(C)(=O)=O)ccc1NCC#Cc1cc2c(N[C@H]3CC[C@H](N(C)C)CC3)cccc2n1CC1CO1. The molecule has 5 rings (SSSR count). The molecule has 39 heavy (non-hydrogen) atoms. The minimum Gasteiger partial charge on any atom is -0.495 e. The molecule has 2 fully saturated rings. The molecule has 0 bridgehead atoms. The lowest BCUT2D eigenvalue weighted by Gasteiger charge is -2.33. The van der Waals surface area contributed by atoms with Gasteiger partial charge in [0.25, 0.3) is 0 Å². The summed E-state index contributed by atoms with van der Waals surface area (Å²) in [6.45, 7) is 1.94. The second kappa shape index (κ2) is 11.5. The van der Waals surface area contributed by atoms with E-state index < -0.39 is 9.84 Å². The Balaban J connectivity index is 1.34. The topological polar surface area (TPSA) is 88.1 Å². The summed E-state index contributed by atoms with van der Waals surface area (Å²) in [6.07, 6.45) is 6.18. The standard InChI is InChI=1S/C30H38N4O4S/c1-33(2)22-12-10-21(11-13-22)32-27-8-5-9-29-26(27)17-23(34(29)19-24-20-38-24)7-6-16-31-28-15-14-25(39(4,35)36)18-30(28)37-3/h5,8-9,14-15,17-18,21-22,24,31-32H,10-13,16,19-20H2,1-4H3/t21-,22-,24?. The Morgan fingerprint density at radius 2 is 1.87 bits per heavy atom. The quantitative estimate of drug-likeness (QED) is 0.305. The Labute approximate surface area is 231 Å². The van der Waals surface area contributed by atoms with Crippen LogP contribution in [0.4, 0.5) is 11.4 Å². The minimum absolute atomic E-state index is 0.220. The number of hydrogen-bond donors (Lipinski definition) is 2. The number of ether oxygens (including phenoxy) is 2. The number of sulfone groups is 1. The van der Waals surface area contributed by atoms with Crippen molar-refractivity contribution in [1.29, 1.82) is 0 Å². The molecule has 2 heterocycles. The van der Waals surface area contributed by atoms with E-state index in [2.05, 4.69) is 70.3 Å². The van der Waals surface area contributed by atoms with E-state index >= 15 is 0 Å². The molecular weight excluding hydrogens is 512 g/mol. The minimum atomic E-state index is -3.31. The molecule has 2 aromatic carbocycles. The van der Waals surface area contributed by atoms with Crippen LogP contribution < -0.4 is 15.4 Å². The zero-order valence-electron chi connectivity index (χ0n) is 23.2. The van der Waals surface area contributed by atoms with Crippen LogP contribution in [0.15, 0.2) is 47.4 Å². The largest absolute Gasteiger partial charge is 0.495 e. The lowest BCUT2D eigenvalue weighted by molar-refractivity contribution is 0.221. The van der Waals surface area contributed by atoms with Crippen molar-refractivity contribution in [3.63, 3.8) is 0 Å². The highest BCUT2D eigenvalue weighted by molar-refractivity contribution is 7.90. The molecule has 3 aromatic rings. The summed E-state index contributed by atoms with van der Waals surface area (Å²) >= 11 is 0. The Kier molecular flexibility index (Phi) is 8.08. The van der Waals surface area contributed by atoms with Gasteiger partial charge in [-0.15, -0.1) is 0 Å². The number of hydrogen-bond acceptors (Lipinski definition) is 7. The summed E-state index contributed by atoms with van der Waals surface area (Å²) in [6, 6.07) is 14.6. The summed E-state index contributed by atoms with van der Waals surface area (Å²) in [5.74, 6) is 7.06. The third-order valence-electron chi connectivity index (χ3n) is 7.71. The summed E-state index contributed by atoms with van der Waals surface area (Å²) in [5, 5.41) is 8.27. The summed E-state index contributed by atoms with van der Waals surface area (Å²) in [7, 11) is 2.56. The van der Waals surface area contributed by atoms with Crippen molar-refractivity contribution in [2.24, 2.45) is 0 Å². The molecule has 2 N–H and O–H groups in total. The first kappa shape index (κ1) is 27.4. The number of fused-ring (bicyclic) bond motifs is 1. The van der Waals surface area contributed by atoms with Gasteiger partial charge < -0.3 is 29.6 Å². The average molecular weight is 551 g/mol.